The van der Waals surface area contributed by atoms with Crippen LogP contribution in [0, 0.1) is 0 Å². The van der Waals surface area contributed by atoms with Gasteiger partial charge < -0.3 is 22.2 Å². The highest BCUT2D eigenvalue weighted by atomic mass is 19.5. The van der Waals surface area contributed by atoms with Gasteiger partial charge in [-0.1, -0.05) is 6.92 Å². The van der Waals surface area contributed by atoms with Crippen molar-refractivity contribution in [2.45, 2.75) is 13.3 Å². The van der Waals surface area contributed by atoms with Gasteiger partial charge in [0.25, 0.3) is 0 Å². The third kappa shape index (κ3) is 9.79. The first-order chi connectivity index (χ1) is 6.33. The second-order valence-corrected chi connectivity index (χ2v) is 3.48. The van der Waals surface area contributed by atoms with Crippen molar-refractivity contribution in [3.8, 4) is 0 Å². The molecule has 0 saturated carbocycles. The zero-order valence-corrected chi connectivity index (χ0v) is 8.57. The summed E-state index contributed by atoms with van der Waals surface area (Å²) in [5.74, 6) is 0. The summed E-state index contributed by atoms with van der Waals surface area (Å²) >= 11 is 0. The monoisotopic (exact) mass is 216 g/mol. The van der Waals surface area contributed by atoms with Crippen LogP contribution in [0.5, 0.6) is 0 Å². The number of hydrogen-bond donors (Lipinski definition) is 1. The molecule has 1 saturated heterocycles. The molecule has 0 bridgehead atoms. The van der Waals surface area contributed by atoms with Gasteiger partial charge in [-0.3, -0.25) is 4.90 Å². The summed E-state index contributed by atoms with van der Waals surface area (Å²) in [5, 5.41) is 0. The van der Waals surface area contributed by atoms with Crippen LogP contribution >= 0.6 is 0 Å². The van der Waals surface area contributed by atoms with Crippen molar-refractivity contribution >= 4 is 7.25 Å². The molecule has 1 unspecified atom stereocenters. The van der Waals surface area contributed by atoms with E-state index in [0.29, 0.717) is 0 Å². The predicted molar refractivity (Wildman–Crippen MR) is 48.7 cm³/mol. The highest BCUT2D eigenvalue weighted by molar-refractivity contribution is 6.50. The number of nitrogens with one attached hydrogen (secondary N) is 1. The number of rotatable bonds is 2. The minimum absolute atomic E-state index is 1.26. The van der Waals surface area contributed by atoms with E-state index in [1.54, 1.807) is 4.90 Å². The van der Waals surface area contributed by atoms with Crippen molar-refractivity contribution in [2.24, 2.45) is 0 Å². The van der Waals surface area contributed by atoms with Crippen LogP contribution in [0.2, 0.25) is 0 Å². The first-order valence-electron chi connectivity index (χ1n) is 4.74. The molecular formula is C7H17BF4N2. The number of halogens is 4. The van der Waals surface area contributed by atoms with E-state index >= 15 is 0 Å². The molecule has 1 N–H and O–H groups in total. The summed E-state index contributed by atoms with van der Waals surface area (Å²) in [6.45, 7) is 7.43. The van der Waals surface area contributed by atoms with Gasteiger partial charge in [0.05, 0.1) is 20.1 Å². The van der Waals surface area contributed by atoms with Crippen LogP contribution in [0.4, 0.5) is 17.3 Å². The van der Waals surface area contributed by atoms with Crippen molar-refractivity contribution < 1.29 is 22.2 Å². The summed E-state index contributed by atoms with van der Waals surface area (Å²) in [4.78, 5) is 4.18. The topological polar surface area (TPSA) is 7.68 Å². The molecule has 1 heterocycles. The Morgan fingerprint density at radius 1 is 1.29 bits per heavy atom. The lowest BCUT2D eigenvalue weighted by molar-refractivity contribution is -0.870. The van der Waals surface area contributed by atoms with Crippen LogP contribution in [-0.4, -0.2) is 45.5 Å². The van der Waals surface area contributed by atoms with Gasteiger partial charge in [0.1, 0.15) is 6.67 Å². The predicted octanol–water partition coefficient (Wildman–Crippen LogP) is 0.484. The largest absolute Gasteiger partial charge is 0.673 e. The molecule has 7 heteroatoms. The van der Waals surface area contributed by atoms with Crippen molar-refractivity contribution in [3.05, 3.63) is 0 Å². The minimum Gasteiger partial charge on any atom is -0.418 e. The standard InChI is InChI=1S/C7H16N2.BF4/c1-3-4-9-6-5-8(2)7-9;2-1(3,4)5/h3-7H2,1-2H3;/q;-1/p+1. The minimum atomic E-state index is -6.00. The quantitative estimate of drug-likeness (QED) is 0.521. The molecule has 1 fully saturated rings. The second kappa shape index (κ2) is 6.24. The molecule has 1 atom stereocenters. The third-order valence-electron chi connectivity index (χ3n) is 1.89. The van der Waals surface area contributed by atoms with E-state index < -0.39 is 7.25 Å². The van der Waals surface area contributed by atoms with E-state index in [0.717, 1.165) is 0 Å². The van der Waals surface area contributed by atoms with Gasteiger partial charge in [-0.05, 0) is 6.42 Å². The van der Waals surface area contributed by atoms with E-state index in [-0.39, 0.29) is 0 Å². The van der Waals surface area contributed by atoms with Gasteiger partial charge in [-0.15, -0.1) is 0 Å². The molecule has 0 aromatic heterocycles. The van der Waals surface area contributed by atoms with Crippen LogP contribution in [0.15, 0.2) is 0 Å². The summed E-state index contributed by atoms with van der Waals surface area (Å²) in [7, 11) is -3.74. The highest BCUT2D eigenvalue weighted by Gasteiger charge is 2.20. The fourth-order valence-electron chi connectivity index (χ4n) is 1.40. The molecular weight excluding hydrogens is 199 g/mol. The van der Waals surface area contributed by atoms with E-state index in [1.165, 1.54) is 32.7 Å². The van der Waals surface area contributed by atoms with E-state index in [9.17, 15) is 17.3 Å². The lowest BCUT2D eigenvalue weighted by atomic mass is 10.3. The van der Waals surface area contributed by atoms with Crippen molar-refractivity contribution in [3.63, 3.8) is 0 Å². The van der Waals surface area contributed by atoms with Crippen molar-refractivity contribution in [2.75, 3.05) is 33.4 Å². The summed E-state index contributed by atoms with van der Waals surface area (Å²) < 4.78 is 39.0. The molecule has 0 spiro atoms. The normalized spacial score (nSPS) is 23.1. The average Bonchev–Trinajstić information content (AvgIpc) is 2.32. The molecule has 0 amide bonds. The highest BCUT2D eigenvalue weighted by Crippen LogP contribution is 2.06. The summed E-state index contributed by atoms with van der Waals surface area (Å²) in [6, 6.07) is 0. The maximum absolute atomic E-state index is 9.75. The first-order valence-corrected chi connectivity index (χ1v) is 4.74. The zero-order chi connectivity index (χ0) is 11.2. The molecule has 1 aliphatic rings. The SMILES string of the molecule is CCCN1CC[NH+](C)C1.F[B-](F)(F)F. The maximum Gasteiger partial charge on any atom is 0.673 e. The molecule has 0 aromatic carbocycles. The number of likely N-dealkylation sites (N-methyl/N-ethyl adjacent to an activating group) is 1. The lowest BCUT2D eigenvalue weighted by Gasteiger charge is -2.09. The van der Waals surface area contributed by atoms with Crippen LogP contribution in [-0.2, 0) is 0 Å². The average molecular weight is 216 g/mol. The Kier molecular flexibility index (Phi) is 6.11. The Labute approximate surface area is 82.0 Å². The Bertz CT molecular complexity index is 145. The summed E-state index contributed by atoms with van der Waals surface area (Å²) in [6.07, 6.45) is 1.30. The Morgan fingerprint density at radius 2 is 1.79 bits per heavy atom. The molecule has 2 nitrogen and oxygen atoms in total. The Balaban J connectivity index is 0.000000292. The number of hydrogen-bond acceptors (Lipinski definition) is 1. The fraction of sp³-hybridized carbons (Fsp3) is 1.00. The van der Waals surface area contributed by atoms with Crippen molar-refractivity contribution in [1.29, 1.82) is 0 Å². The molecule has 1 aliphatic heterocycles. The Hall–Kier alpha value is -0.295. The van der Waals surface area contributed by atoms with Gasteiger partial charge in [-0.25, -0.2) is 0 Å². The second-order valence-electron chi connectivity index (χ2n) is 3.48. The van der Waals surface area contributed by atoms with Gasteiger partial charge in [0.15, 0.2) is 0 Å². The van der Waals surface area contributed by atoms with E-state index in [4.69, 9.17) is 0 Å². The number of nitrogens with zero attached hydrogens (tertiary/aromatic N) is 1. The van der Waals surface area contributed by atoms with E-state index in [2.05, 4.69) is 18.9 Å². The van der Waals surface area contributed by atoms with Crippen molar-refractivity contribution in [1.82, 2.24) is 4.90 Å². The maximum atomic E-state index is 9.75. The van der Waals surface area contributed by atoms with Crippen LogP contribution in [0.1, 0.15) is 13.3 Å². The van der Waals surface area contributed by atoms with Crippen LogP contribution < -0.4 is 4.90 Å². The summed E-state index contributed by atoms with van der Waals surface area (Å²) in [5.41, 5.74) is 0. The van der Waals surface area contributed by atoms with Gasteiger partial charge in [-0.2, -0.15) is 0 Å². The van der Waals surface area contributed by atoms with Gasteiger partial charge in [0, 0.05) is 6.54 Å². The molecule has 0 aromatic rings. The van der Waals surface area contributed by atoms with E-state index in [1.807, 2.05) is 0 Å². The first kappa shape index (κ1) is 13.7. The molecule has 0 radical (unpaired) electrons. The lowest BCUT2D eigenvalue weighted by Crippen LogP contribution is -3.07. The van der Waals surface area contributed by atoms with Crippen LogP contribution in [0.25, 0.3) is 0 Å². The molecule has 0 aliphatic carbocycles. The van der Waals surface area contributed by atoms with Gasteiger partial charge in [0.2, 0.25) is 0 Å². The fourth-order valence-corrected chi connectivity index (χ4v) is 1.40. The zero-order valence-electron chi connectivity index (χ0n) is 8.57. The molecule has 14 heavy (non-hydrogen) atoms. The molecule has 1 rings (SSSR count). The van der Waals surface area contributed by atoms with Gasteiger partial charge >= 0.3 is 7.25 Å². The van der Waals surface area contributed by atoms with Crippen LogP contribution in [0.3, 0.4) is 0 Å². The third-order valence-corrected chi connectivity index (χ3v) is 1.89. The Morgan fingerprint density at radius 3 is 2.07 bits per heavy atom. The smallest absolute Gasteiger partial charge is 0.418 e. The molecule has 86 valence electrons. The number of quaternary nitrogens is 1.